The lowest BCUT2D eigenvalue weighted by molar-refractivity contribution is -0.385. The van der Waals surface area contributed by atoms with E-state index in [1.165, 1.54) is 31.4 Å². The quantitative estimate of drug-likeness (QED) is 0.278. The number of carbonyl (C=O) groups is 2. The summed E-state index contributed by atoms with van der Waals surface area (Å²) < 4.78 is 4.44. The number of ketones is 1. The average Bonchev–Trinajstić information content (AvgIpc) is 2.59. The summed E-state index contributed by atoms with van der Waals surface area (Å²) in [7, 11) is 1.21. The van der Waals surface area contributed by atoms with Crippen molar-refractivity contribution in [2.75, 3.05) is 7.11 Å². The molecule has 0 radical (unpaired) electrons. The fourth-order valence-electron chi connectivity index (χ4n) is 1.97. The van der Waals surface area contributed by atoms with E-state index in [0.29, 0.717) is 5.56 Å². The molecule has 0 amide bonds. The SMILES string of the molecule is COC(=O)/C=C/c1ccc(C(=O)c2ccccc2)cc1[N+](=O)[O-]. The van der Waals surface area contributed by atoms with E-state index < -0.39 is 10.9 Å². The minimum atomic E-state index is -0.622. The molecule has 0 aliphatic carbocycles. The number of esters is 1. The predicted molar refractivity (Wildman–Crippen MR) is 84.0 cm³/mol. The first-order valence-corrected chi connectivity index (χ1v) is 6.67. The van der Waals surface area contributed by atoms with Gasteiger partial charge < -0.3 is 4.74 Å². The van der Waals surface area contributed by atoms with Crippen molar-refractivity contribution < 1.29 is 19.2 Å². The number of hydrogen-bond acceptors (Lipinski definition) is 5. The van der Waals surface area contributed by atoms with Crippen LogP contribution in [0.1, 0.15) is 21.5 Å². The van der Waals surface area contributed by atoms with Crippen LogP contribution in [0.5, 0.6) is 0 Å². The van der Waals surface area contributed by atoms with Crippen molar-refractivity contribution in [1.29, 1.82) is 0 Å². The van der Waals surface area contributed by atoms with Gasteiger partial charge in [0.25, 0.3) is 5.69 Å². The lowest BCUT2D eigenvalue weighted by atomic mass is 10.0. The highest BCUT2D eigenvalue weighted by Crippen LogP contribution is 2.23. The molecule has 2 aromatic rings. The van der Waals surface area contributed by atoms with E-state index in [0.717, 1.165) is 6.08 Å². The van der Waals surface area contributed by atoms with E-state index in [9.17, 15) is 19.7 Å². The van der Waals surface area contributed by atoms with Crippen LogP contribution < -0.4 is 0 Å². The van der Waals surface area contributed by atoms with Crippen LogP contribution in [0.3, 0.4) is 0 Å². The number of ether oxygens (including phenoxy) is 1. The molecular formula is C17H13NO5. The topological polar surface area (TPSA) is 86.5 Å². The van der Waals surface area contributed by atoms with Gasteiger partial charge in [0.1, 0.15) is 0 Å². The highest BCUT2D eigenvalue weighted by atomic mass is 16.6. The third kappa shape index (κ3) is 3.88. The van der Waals surface area contributed by atoms with Gasteiger partial charge in [0.05, 0.1) is 17.6 Å². The molecule has 0 aliphatic heterocycles. The molecule has 2 rings (SSSR count). The minimum Gasteiger partial charge on any atom is -0.466 e. The lowest BCUT2D eigenvalue weighted by Crippen LogP contribution is -2.03. The summed E-state index contributed by atoms with van der Waals surface area (Å²) in [5.41, 5.74) is 0.606. The van der Waals surface area contributed by atoms with E-state index >= 15 is 0 Å². The molecule has 2 aromatic carbocycles. The molecule has 0 saturated heterocycles. The molecule has 23 heavy (non-hydrogen) atoms. The second-order valence-corrected chi connectivity index (χ2v) is 4.58. The molecule has 6 heteroatoms. The zero-order chi connectivity index (χ0) is 16.8. The second-order valence-electron chi connectivity index (χ2n) is 4.58. The van der Waals surface area contributed by atoms with Gasteiger partial charge in [-0.2, -0.15) is 0 Å². The summed E-state index contributed by atoms with van der Waals surface area (Å²) in [5.74, 6) is -0.930. The number of methoxy groups -OCH3 is 1. The summed E-state index contributed by atoms with van der Waals surface area (Å²) in [6, 6.07) is 12.6. The molecule has 0 aromatic heterocycles. The zero-order valence-electron chi connectivity index (χ0n) is 12.3. The molecular weight excluding hydrogens is 298 g/mol. The maximum atomic E-state index is 12.3. The third-order valence-corrected chi connectivity index (χ3v) is 3.13. The Morgan fingerprint density at radius 3 is 2.39 bits per heavy atom. The first-order chi connectivity index (χ1) is 11.0. The summed E-state index contributed by atoms with van der Waals surface area (Å²) in [6.07, 6.45) is 2.36. The number of nitrogens with zero attached hydrogens (tertiary/aromatic N) is 1. The van der Waals surface area contributed by atoms with Crippen LogP contribution in [-0.2, 0) is 9.53 Å². The first-order valence-electron chi connectivity index (χ1n) is 6.67. The summed E-state index contributed by atoms with van der Waals surface area (Å²) in [6.45, 7) is 0. The van der Waals surface area contributed by atoms with Crippen molar-refractivity contribution in [3.05, 3.63) is 81.4 Å². The molecule has 0 N–H and O–H groups in total. The monoisotopic (exact) mass is 311 g/mol. The molecule has 0 bridgehead atoms. The van der Waals surface area contributed by atoms with Crippen LogP contribution in [0.15, 0.2) is 54.6 Å². The molecule has 116 valence electrons. The van der Waals surface area contributed by atoms with Crippen molar-refractivity contribution >= 4 is 23.5 Å². The standard InChI is InChI=1S/C17H13NO5/c1-23-16(19)10-9-12-7-8-14(11-15(12)18(21)22)17(20)13-5-3-2-4-6-13/h2-11H,1H3/b10-9+. The van der Waals surface area contributed by atoms with Crippen LogP contribution in [0.2, 0.25) is 0 Å². The van der Waals surface area contributed by atoms with E-state index in [4.69, 9.17) is 0 Å². The van der Waals surface area contributed by atoms with Crippen LogP contribution in [0.25, 0.3) is 6.08 Å². The Morgan fingerprint density at radius 2 is 1.78 bits per heavy atom. The Hall–Kier alpha value is -3.28. The number of carbonyl (C=O) groups excluding carboxylic acids is 2. The van der Waals surface area contributed by atoms with Gasteiger partial charge >= 0.3 is 5.97 Å². The van der Waals surface area contributed by atoms with Gasteiger partial charge in [-0.25, -0.2) is 4.79 Å². The van der Waals surface area contributed by atoms with Crippen molar-refractivity contribution in [3.8, 4) is 0 Å². The smallest absolute Gasteiger partial charge is 0.330 e. The summed E-state index contributed by atoms with van der Waals surface area (Å²) >= 11 is 0. The Balaban J connectivity index is 2.40. The van der Waals surface area contributed by atoms with Gasteiger partial charge in [0, 0.05) is 23.3 Å². The molecule has 0 heterocycles. The number of hydrogen-bond donors (Lipinski definition) is 0. The molecule has 0 fully saturated rings. The number of benzene rings is 2. The van der Waals surface area contributed by atoms with Crippen molar-refractivity contribution in [1.82, 2.24) is 0 Å². The van der Waals surface area contributed by atoms with E-state index in [1.54, 1.807) is 30.3 Å². The maximum Gasteiger partial charge on any atom is 0.330 e. The Morgan fingerprint density at radius 1 is 1.09 bits per heavy atom. The van der Waals surface area contributed by atoms with E-state index in [-0.39, 0.29) is 22.6 Å². The van der Waals surface area contributed by atoms with Crippen LogP contribution in [0.4, 0.5) is 5.69 Å². The largest absolute Gasteiger partial charge is 0.466 e. The van der Waals surface area contributed by atoms with Crippen LogP contribution >= 0.6 is 0 Å². The number of rotatable bonds is 5. The highest BCUT2D eigenvalue weighted by Gasteiger charge is 2.17. The molecule has 0 spiro atoms. The first kappa shape index (κ1) is 16.1. The lowest BCUT2D eigenvalue weighted by Gasteiger charge is -2.03. The molecule has 0 aliphatic rings. The van der Waals surface area contributed by atoms with Crippen molar-refractivity contribution in [2.24, 2.45) is 0 Å². The Bertz CT molecular complexity index is 781. The predicted octanol–water partition coefficient (Wildman–Crippen LogP) is 3.01. The Labute approximate surface area is 132 Å². The van der Waals surface area contributed by atoms with E-state index in [1.807, 2.05) is 0 Å². The summed E-state index contributed by atoms with van der Waals surface area (Å²) in [4.78, 5) is 34.0. The fourth-order valence-corrected chi connectivity index (χ4v) is 1.97. The van der Waals surface area contributed by atoms with Gasteiger partial charge in [-0.05, 0) is 18.2 Å². The van der Waals surface area contributed by atoms with Gasteiger partial charge in [0.15, 0.2) is 5.78 Å². The molecule has 0 saturated carbocycles. The average molecular weight is 311 g/mol. The highest BCUT2D eigenvalue weighted by molar-refractivity contribution is 6.09. The summed E-state index contributed by atoms with van der Waals surface area (Å²) in [5, 5.41) is 11.2. The third-order valence-electron chi connectivity index (χ3n) is 3.13. The minimum absolute atomic E-state index is 0.207. The normalized spacial score (nSPS) is 10.5. The zero-order valence-corrected chi connectivity index (χ0v) is 12.3. The fraction of sp³-hybridized carbons (Fsp3) is 0.0588. The number of nitro benzene ring substituents is 1. The van der Waals surface area contributed by atoms with Crippen molar-refractivity contribution in [2.45, 2.75) is 0 Å². The van der Waals surface area contributed by atoms with Crippen molar-refractivity contribution in [3.63, 3.8) is 0 Å². The van der Waals surface area contributed by atoms with Crippen LogP contribution in [0, 0.1) is 10.1 Å². The van der Waals surface area contributed by atoms with E-state index in [2.05, 4.69) is 4.74 Å². The second kappa shape index (κ2) is 7.13. The van der Waals surface area contributed by atoms with Crippen LogP contribution in [-0.4, -0.2) is 23.8 Å². The van der Waals surface area contributed by atoms with Gasteiger partial charge in [0.2, 0.25) is 0 Å². The molecule has 0 atom stereocenters. The van der Waals surface area contributed by atoms with Gasteiger partial charge in [-0.3, -0.25) is 14.9 Å². The van der Waals surface area contributed by atoms with Gasteiger partial charge in [-0.1, -0.05) is 30.3 Å². The molecule has 6 nitrogen and oxygen atoms in total. The number of nitro groups is 1. The maximum absolute atomic E-state index is 12.3. The Kier molecular flexibility index (Phi) is 4.99. The van der Waals surface area contributed by atoms with Gasteiger partial charge in [-0.15, -0.1) is 0 Å². The molecule has 0 unspecified atom stereocenters.